The van der Waals surface area contributed by atoms with E-state index in [1.54, 1.807) is 20.8 Å². The van der Waals surface area contributed by atoms with Crippen LogP contribution in [0.15, 0.2) is 66.9 Å². The molecule has 180 valence electrons. The number of fused-ring (bicyclic) bond motifs is 3. The Labute approximate surface area is 203 Å². The highest BCUT2D eigenvalue weighted by Gasteiger charge is 2.33. The Balaban J connectivity index is 1.37. The second-order valence-corrected chi connectivity index (χ2v) is 9.49. The van der Waals surface area contributed by atoms with E-state index in [1.165, 1.54) is 18.3 Å². The van der Waals surface area contributed by atoms with Crippen LogP contribution in [0.3, 0.4) is 0 Å². The zero-order valence-electron chi connectivity index (χ0n) is 19.7. The number of aliphatic carboxylic acids is 1. The largest absolute Gasteiger partial charge is 0.480 e. The van der Waals surface area contributed by atoms with Gasteiger partial charge in [-0.05, 0) is 39.8 Å². The van der Waals surface area contributed by atoms with Crippen LogP contribution in [0.4, 0.5) is 10.5 Å². The maximum absolute atomic E-state index is 12.4. The first kappa shape index (κ1) is 23.9. The van der Waals surface area contributed by atoms with Crippen LogP contribution in [0.1, 0.15) is 48.3 Å². The lowest BCUT2D eigenvalue weighted by atomic mass is 9.86. The summed E-state index contributed by atoms with van der Waals surface area (Å²) in [6, 6.07) is 18.0. The predicted molar refractivity (Wildman–Crippen MR) is 131 cm³/mol. The topological polar surface area (TPSA) is 118 Å². The van der Waals surface area contributed by atoms with Crippen LogP contribution in [-0.2, 0) is 9.53 Å². The number of carboxylic acids is 1. The summed E-state index contributed by atoms with van der Waals surface area (Å²) in [6.45, 7) is 5.35. The van der Waals surface area contributed by atoms with Gasteiger partial charge in [0.05, 0.1) is 11.9 Å². The van der Waals surface area contributed by atoms with Crippen molar-refractivity contribution < 1.29 is 24.2 Å². The normalized spacial score (nSPS) is 13.3. The summed E-state index contributed by atoms with van der Waals surface area (Å²) in [6.07, 6.45) is 0.688. The molecule has 1 atom stereocenters. The second kappa shape index (κ2) is 9.58. The summed E-state index contributed by atoms with van der Waals surface area (Å²) < 4.78 is 5.52. The summed E-state index contributed by atoms with van der Waals surface area (Å²) in [5.74, 6) is -1.79. The predicted octanol–water partition coefficient (Wildman–Crippen LogP) is 4.67. The van der Waals surface area contributed by atoms with Gasteiger partial charge in [-0.15, -0.1) is 0 Å². The molecular formula is C27H27N3O5. The molecule has 0 bridgehead atoms. The Morgan fingerprint density at radius 2 is 1.57 bits per heavy atom. The highest BCUT2D eigenvalue weighted by molar-refractivity contribution is 5.95. The lowest BCUT2D eigenvalue weighted by Gasteiger charge is -2.27. The standard InChI is InChI=1S/C27H27N3O5/c1-27(2,3)23(25(32)33)30-24(31)22-13-12-16(14-28-22)29-26(34)35-15-21-19-10-6-4-8-17(19)18-9-5-7-11-20(18)21/h4-14,21,23H,15H2,1-3H3,(H,29,34)(H,30,31)(H,32,33)/t23-/m1/s1. The molecule has 1 aliphatic rings. The van der Waals surface area contributed by atoms with Crippen molar-refractivity contribution in [2.24, 2.45) is 5.41 Å². The quantitative estimate of drug-likeness (QED) is 0.479. The van der Waals surface area contributed by atoms with E-state index in [2.05, 4.69) is 27.8 Å². The number of anilines is 1. The molecule has 1 heterocycles. The maximum Gasteiger partial charge on any atom is 0.411 e. The van der Waals surface area contributed by atoms with Crippen LogP contribution in [0, 0.1) is 5.41 Å². The second-order valence-electron chi connectivity index (χ2n) is 9.49. The zero-order valence-corrected chi connectivity index (χ0v) is 19.7. The SMILES string of the molecule is CC(C)(C)[C@H](NC(=O)c1ccc(NC(=O)OCC2c3ccccc3-c3ccccc32)cn1)C(=O)O. The number of hydrogen-bond acceptors (Lipinski definition) is 5. The minimum atomic E-state index is -1.13. The summed E-state index contributed by atoms with van der Waals surface area (Å²) in [7, 11) is 0. The van der Waals surface area contributed by atoms with Gasteiger partial charge in [0.1, 0.15) is 18.3 Å². The number of nitrogens with zero attached hydrogens (tertiary/aromatic N) is 1. The van der Waals surface area contributed by atoms with Gasteiger partial charge in [0.25, 0.3) is 5.91 Å². The third-order valence-electron chi connectivity index (χ3n) is 5.97. The minimum absolute atomic E-state index is 0.0404. The van der Waals surface area contributed by atoms with Gasteiger partial charge in [0.15, 0.2) is 0 Å². The molecule has 1 aliphatic carbocycles. The van der Waals surface area contributed by atoms with E-state index >= 15 is 0 Å². The molecule has 2 aromatic carbocycles. The lowest BCUT2D eigenvalue weighted by molar-refractivity contribution is -0.142. The molecule has 0 spiro atoms. The number of hydrogen-bond donors (Lipinski definition) is 3. The maximum atomic E-state index is 12.4. The Morgan fingerprint density at radius 1 is 0.971 bits per heavy atom. The number of carbonyl (C=O) groups excluding carboxylic acids is 2. The summed E-state index contributed by atoms with van der Waals surface area (Å²) in [5, 5.41) is 14.5. The van der Waals surface area contributed by atoms with Crippen molar-refractivity contribution in [3.8, 4) is 11.1 Å². The molecule has 0 saturated carbocycles. The number of benzene rings is 2. The number of amides is 2. The van der Waals surface area contributed by atoms with Crippen molar-refractivity contribution in [3.63, 3.8) is 0 Å². The fraction of sp³-hybridized carbons (Fsp3) is 0.259. The van der Waals surface area contributed by atoms with E-state index in [9.17, 15) is 19.5 Å². The van der Waals surface area contributed by atoms with E-state index in [4.69, 9.17) is 4.74 Å². The average molecular weight is 474 g/mol. The highest BCUT2D eigenvalue weighted by atomic mass is 16.5. The van der Waals surface area contributed by atoms with Gasteiger partial charge in [-0.2, -0.15) is 0 Å². The molecule has 0 radical (unpaired) electrons. The van der Waals surface area contributed by atoms with E-state index < -0.39 is 29.4 Å². The summed E-state index contributed by atoms with van der Waals surface area (Å²) in [4.78, 5) is 40.4. The van der Waals surface area contributed by atoms with Crippen LogP contribution < -0.4 is 10.6 Å². The molecule has 1 aromatic heterocycles. The van der Waals surface area contributed by atoms with Crippen LogP contribution in [0.2, 0.25) is 0 Å². The fourth-order valence-electron chi connectivity index (χ4n) is 4.21. The fourth-order valence-corrected chi connectivity index (χ4v) is 4.21. The lowest BCUT2D eigenvalue weighted by Crippen LogP contribution is -2.49. The molecule has 0 aliphatic heterocycles. The van der Waals surface area contributed by atoms with Crippen molar-refractivity contribution >= 4 is 23.7 Å². The number of aromatic nitrogens is 1. The van der Waals surface area contributed by atoms with Crippen LogP contribution in [-0.4, -0.2) is 40.7 Å². The third-order valence-corrected chi connectivity index (χ3v) is 5.97. The van der Waals surface area contributed by atoms with Crippen molar-refractivity contribution in [2.45, 2.75) is 32.7 Å². The number of carbonyl (C=O) groups is 3. The van der Waals surface area contributed by atoms with Crippen LogP contribution >= 0.6 is 0 Å². The molecular weight excluding hydrogens is 446 g/mol. The Morgan fingerprint density at radius 3 is 2.09 bits per heavy atom. The average Bonchev–Trinajstić information content (AvgIpc) is 3.14. The minimum Gasteiger partial charge on any atom is -0.480 e. The smallest absolute Gasteiger partial charge is 0.411 e. The Bertz CT molecular complexity index is 1220. The monoisotopic (exact) mass is 473 g/mol. The molecule has 3 N–H and O–H groups in total. The number of nitrogens with one attached hydrogen (secondary N) is 2. The number of ether oxygens (including phenoxy) is 1. The van der Waals surface area contributed by atoms with Crippen LogP contribution in [0.5, 0.6) is 0 Å². The van der Waals surface area contributed by atoms with Crippen molar-refractivity contribution in [1.29, 1.82) is 0 Å². The Hall–Kier alpha value is -4.20. The highest BCUT2D eigenvalue weighted by Crippen LogP contribution is 2.44. The van der Waals surface area contributed by atoms with Gasteiger partial charge in [0.2, 0.25) is 0 Å². The third kappa shape index (κ3) is 5.16. The van der Waals surface area contributed by atoms with Crippen molar-refractivity contribution in [2.75, 3.05) is 11.9 Å². The molecule has 0 fully saturated rings. The van der Waals surface area contributed by atoms with E-state index in [0.29, 0.717) is 5.69 Å². The van der Waals surface area contributed by atoms with Gasteiger partial charge >= 0.3 is 12.1 Å². The molecule has 35 heavy (non-hydrogen) atoms. The van der Waals surface area contributed by atoms with E-state index in [-0.39, 0.29) is 18.2 Å². The molecule has 0 saturated heterocycles. The van der Waals surface area contributed by atoms with Gasteiger partial charge in [-0.3, -0.25) is 10.1 Å². The van der Waals surface area contributed by atoms with Gasteiger partial charge in [0, 0.05) is 5.92 Å². The van der Waals surface area contributed by atoms with E-state index in [1.807, 2.05) is 36.4 Å². The molecule has 0 unspecified atom stereocenters. The Kier molecular flexibility index (Phi) is 6.55. The first-order chi connectivity index (χ1) is 16.6. The molecule has 3 aromatic rings. The number of carboxylic acid groups (broad SMARTS) is 1. The molecule has 2 amide bonds. The summed E-state index contributed by atoms with van der Waals surface area (Å²) in [5.41, 5.74) is 4.25. The first-order valence-electron chi connectivity index (χ1n) is 11.3. The van der Waals surface area contributed by atoms with Crippen molar-refractivity contribution in [1.82, 2.24) is 10.3 Å². The van der Waals surface area contributed by atoms with Gasteiger partial charge in [-0.25, -0.2) is 14.6 Å². The zero-order chi connectivity index (χ0) is 25.2. The molecule has 8 heteroatoms. The van der Waals surface area contributed by atoms with E-state index in [0.717, 1.165) is 22.3 Å². The van der Waals surface area contributed by atoms with Gasteiger partial charge in [-0.1, -0.05) is 69.3 Å². The van der Waals surface area contributed by atoms with Crippen LogP contribution in [0.25, 0.3) is 11.1 Å². The van der Waals surface area contributed by atoms with Crippen molar-refractivity contribution in [3.05, 3.63) is 83.7 Å². The number of rotatable bonds is 6. The molecule has 8 nitrogen and oxygen atoms in total. The number of pyridine rings is 1. The summed E-state index contributed by atoms with van der Waals surface area (Å²) >= 11 is 0. The first-order valence-corrected chi connectivity index (χ1v) is 11.3. The molecule has 4 rings (SSSR count). The van der Waals surface area contributed by atoms with Gasteiger partial charge < -0.3 is 15.2 Å².